The van der Waals surface area contributed by atoms with Crippen molar-refractivity contribution < 1.29 is 14.3 Å². The molecule has 0 amide bonds. The van der Waals surface area contributed by atoms with Crippen LogP contribution in [0.2, 0.25) is 0 Å². The Hall–Kier alpha value is -3.23. The fraction of sp³-hybridized carbons (Fsp3) is 0.490. The van der Waals surface area contributed by atoms with E-state index in [2.05, 4.69) is 192 Å². The molecule has 0 bridgehead atoms. The van der Waals surface area contributed by atoms with Gasteiger partial charge >= 0.3 is 335 Å². The molecule has 0 saturated heterocycles. The molecule has 0 aliphatic rings. The summed E-state index contributed by atoms with van der Waals surface area (Å²) in [5.74, 6) is 0.555. The van der Waals surface area contributed by atoms with Gasteiger partial charge in [-0.1, -0.05) is 0 Å². The number of benzene rings is 5. The van der Waals surface area contributed by atoms with Crippen LogP contribution in [-0.2, 0) is 32.5 Å². The Bertz CT molecular complexity index is 2130. The summed E-state index contributed by atoms with van der Waals surface area (Å²) in [6.45, 7) is 41.5. The summed E-state index contributed by atoms with van der Waals surface area (Å²) in [7, 11) is -5.67. The average molecular weight is 763 g/mol. The van der Waals surface area contributed by atoms with Crippen LogP contribution in [0.3, 0.4) is 0 Å². The van der Waals surface area contributed by atoms with E-state index in [1.54, 1.807) is 0 Å². The normalized spacial score (nSPS) is 14.7. The summed E-state index contributed by atoms with van der Waals surface area (Å²) in [5, 5.41) is 4.94. The van der Waals surface area contributed by atoms with E-state index >= 15 is 0 Å². The van der Waals surface area contributed by atoms with Crippen molar-refractivity contribution >= 4 is 39.4 Å². The third-order valence-corrected chi connectivity index (χ3v) is 14.2. The number of hydrogen-bond donors (Lipinski definition) is 2. The molecular weight excluding hydrogens is 692 g/mol. The Morgan fingerprint density at radius 3 is 1.00 bits per heavy atom. The van der Waals surface area contributed by atoms with Crippen LogP contribution in [0.1, 0.15) is 164 Å². The van der Waals surface area contributed by atoms with Gasteiger partial charge in [-0.25, -0.2) is 0 Å². The zero-order valence-electron chi connectivity index (χ0n) is 37.7. The van der Waals surface area contributed by atoms with Crippen molar-refractivity contribution in [1.82, 2.24) is 0 Å². The van der Waals surface area contributed by atoms with Crippen molar-refractivity contribution in [2.45, 2.75) is 164 Å². The van der Waals surface area contributed by atoms with Gasteiger partial charge in [-0.15, -0.1) is 0 Å². The van der Waals surface area contributed by atoms with E-state index in [1.807, 2.05) is 12.1 Å². The van der Waals surface area contributed by atoms with Gasteiger partial charge in [0.05, 0.1) is 0 Å². The van der Waals surface area contributed by atoms with Gasteiger partial charge in [0.1, 0.15) is 0 Å². The number of aryl methyl sites for hydroxylation is 1. The van der Waals surface area contributed by atoms with Gasteiger partial charge in [0.2, 0.25) is 0 Å². The molecule has 3 nitrogen and oxygen atoms in total. The molecule has 2 N–H and O–H groups in total. The van der Waals surface area contributed by atoms with Gasteiger partial charge in [-0.05, 0) is 0 Å². The SMILES string of the molecule is Cc1cc(C(C)(C)C)c(OP(O)(O)(c2cc3ccc(C(C)(C)C)cc3cc2C(C)(C)C)c2cc3ccc(C(C)(C)C)cc3cc2C(C)(C)C)c(C(C)(C)C)c1. The zero-order valence-corrected chi connectivity index (χ0v) is 38.6. The van der Waals surface area contributed by atoms with Crippen LogP contribution >= 0.6 is 7.28 Å². The third kappa shape index (κ3) is 8.28. The summed E-state index contributed by atoms with van der Waals surface area (Å²) in [6, 6.07) is 25.9. The summed E-state index contributed by atoms with van der Waals surface area (Å²) in [5.41, 5.74) is 5.49. The van der Waals surface area contributed by atoms with Crippen molar-refractivity contribution in [3.8, 4) is 5.75 Å². The number of fused-ring (bicyclic) bond motifs is 2. The first-order chi connectivity index (χ1) is 24.6. The first kappa shape index (κ1) is 42.9. The van der Waals surface area contributed by atoms with Gasteiger partial charge in [0.15, 0.2) is 0 Å². The van der Waals surface area contributed by atoms with Crippen LogP contribution in [-0.4, -0.2) is 9.79 Å². The molecular formula is C51H71O3P. The van der Waals surface area contributed by atoms with Gasteiger partial charge < -0.3 is 0 Å². The minimum atomic E-state index is -5.67. The Balaban J connectivity index is 2.07. The molecule has 0 heterocycles. The van der Waals surface area contributed by atoms with Crippen molar-refractivity contribution in [3.63, 3.8) is 0 Å². The van der Waals surface area contributed by atoms with E-state index < -0.39 is 18.1 Å². The first-order valence-corrected chi connectivity index (χ1v) is 22.2. The number of rotatable bonds is 4. The predicted octanol–water partition coefficient (Wildman–Crippen LogP) is 13.4. The molecule has 0 unspecified atom stereocenters. The Morgan fingerprint density at radius 1 is 0.382 bits per heavy atom. The van der Waals surface area contributed by atoms with Gasteiger partial charge in [0.25, 0.3) is 0 Å². The maximum absolute atomic E-state index is 14.4. The molecule has 0 aliphatic carbocycles. The molecule has 0 saturated carbocycles. The molecule has 298 valence electrons. The topological polar surface area (TPSA) is 49.7 Å². The maximum atomic E-state index is 14.4. The Kier molecular flexibility index (Phi) is 10.3. The molecule has 0 radical (unpaired) electrons. The fourth-order valence-electron chi connectivity index (χ4n) is 7.76. The van der Waals surface area contributed by atoms with Crippen LogP contribution in [0, 0.1) is 6.92 Å². The molecule has 0 aliphatic heterocycles. The predicted molar refractivity (Wildman–Crippen MR) is 243 cm³/mol. The van der Waals surface area contributed by atoms with E-state index in [1.165, 1.54) is 11.1 Å². The molecule has 55 heavy (non-hydrogen) atoms. The van der Waals surface area contributed by atoms with E-state index in [0.29, 0.717) is 16.4 Å². The summed E-state index contributed by atoms with van der Waals surface area (Å²) in [4.78, 5) is 28.7. The van der Waals surface area contributed by atoms with Crippen molar-refractivity contribution in [2.75, 3.05) is 0 Å². The van der Waals surface area contributed by atoms with Gasteiger partial charge in [-0.3, -0.25) is 0 Å². The standard InChI is InChI=1S/C51H71O3P/c1-32-24-41(50(14,15)16)45(42(25-32)51(17,18)19)54-55(52,53,43-30-33-20-22-37(46(2,3)4)26-35(33)28-39(43)48(8,9)10)44-31-34-21-23-38(47(5,6)7)27-36(34)29-40(44)49(11,12)13/h20-31,52-53H,1-19H3. The number of hydrogen-bond acceptors (Lipinski definition) is 3. The van der Waals surface area contributed by atoms with Crippen LogP contribution in [0.5, 0.6) is 5.75 Å². The van der Waals surface area contributed by atoms with Gasteiger partial charge in [-0.2, -0.15) is 0 Å². The first-order valence-electron chi connectivity index (χ1n) is 20.2. The second kappa shape index (κ2) is 13.2. The second-order valence-corrected chi connectivity index (χ2v) is 25.6. The summed E-state index contributed by atoms with van der Waals surface area (Å²) < 4.78 is 7.50. The van der Waals surface area contributed by atoms with Crippen molar-refractivity contribution in [2.24, 2.45) is 0 Å². The molecule has 5 rings (SSSR count). The Labute approximate surface area is 334 Å². The van der Waals surface area contributed by atoms with Crippen LogP contribution in [0.4, 0.5) is 0 Å². The van der Waals surface area contributed by atoms with Crippen molar-refractivity contribution in [3.05, 3.63) is 112 Å². The zero-order chi connectivity index (χ0) is 41.7. The molecule has 0 aromatic heterocycles. The molecule has 0 fully saturated rings. The quantitative estimate of drug-likeness (QED) is 0.179. The third-order valence-electron chi connectivity index (χ3n) is 11.2. The summed E-state index contributed by atoms with van der Waals surface area (Å²) >= 11 is 0. The summed E-state index contributed by atoms with van der Waals surface area (Å²) in [6.07, 6.45) is 0. The van der Waals surface area contributed by atoms with Crippen LogP contribution < -0.4 is 15.1 Å². The fourth-order valence-corrected chi connectivity index (χ4v) is 11.2. The minimum absolute atomic E-state index is 0.0389. The molecule has 5 aromatic carbocycles. The molecule has 4 heteroatoms. The van der Waals surface area contributed by atoms with E-state index in [4.69, 9.17) is 4.52 Å². The van der Waals surface area contributed by atoms with Gasteiger partial charge in [0, 0.05) is 0 Å². The molecule has 0 atom stereocenters. The van der Waals surface area contributed by atoms with E-state index in [-0.39, 0.29) is 21.7 Å². The molecule has 0 spiro atoms. The monoisotopic (exact) mass is 763 g/mol. The van der Waals surface area contributed by atoms with Crippen molar-refractivity contribution in [1.29, 1.82) is 0 Å². The molecule has 5 aromatic rings. The average Bonchev–Trinajstić information content (AvgIpc) is 3.01. The van der Waals surface area contributed by atoms with Crippen LogP contribution in [0.15, 0.2) is 72.8 Å². The second-order valence-electron chi connectivity index (χ2n) is 22.6. The van der Waals surface area contributed by atoms with Crippen LogP contribution in [0.25, 0.3) is 21.5 Å². The van der Waals surface area contributed by atoms with E-state index in [0.717, 1.165) is 49.4 Å². The van der Waals surface area contributed by atoms with E-state index in [9.17, 15) is 9.79 Å². The Morgan fingerprint density at radius 2 is 0.709 bits per heavy atom.